The lowest BCUT2D eigenvalue weighted by molar-refractivity contribution is -0.102. The number of hydrogen-bond acceptors (Lipinski definition) is 4. The van der Waals surface area contributed by atoms with Crippen LogP contribution in [0.25, 0.3) is 0 Å². The molecule has 0 atom stereocenters. The Labute approximate surface area is 189 Å². The molecule has 1 amide bonds. The molecule has 3 aliphatic rings. The third-order valence-corrected chi connectivity index (χ3v) is 8.05. The number of nitrogens with one attached hydrogen (secondary N) is 2. The number of benzene rings is 2. The molecule has 0 aliphatic heterocycles. The molecule has 5 rings (SSSR count). The van der Waals surface area contributed by atoms with Crippen molar-refractivity contribution in [2.75, 3.05) is 4.72 Å². The highest BCUT2D eigenvalue weighted by molar-refractivity contribution is 7.93. The zero-order valence-corrected chi connectivity index (χ0v) is 18.8. The first kappa shape index (κ1) is 21.3. The normalized spacial score (nSPS) is 24.2. The fourth-order valence-electron chi connectivity index (χ4n) is 4.27. The molecule has 10 heteroatoms. The zero-order chi connectivity index (χ0) is 21.9. The van der Waals surface area contributed by atoms with Crippen LogP contribution in [0, 0.1) is 23.7 Å². The first-order valence-corrected chi connectivity index (χ1v) is 11.6. The van der Waals surface area contributed by atoms with Gasteiger partial charge in [-0.25, -0.2) is 8.42 Å². The molecule has 3 saturated carbocycles. The van der Waals surface area contributed by atoms with Crippen LogP contribution < -0.4 is 10.0 Å². The van der Waals surface area contributed by atoms with Gasteiger partial charge in [-0.3, -0.25) is 9.52 Å². The summed E-state index contributed by atoms with van der Waals surface area (Å²) in [4.78, 5) is 12.6. The van der Waals surface area contributed by atoms with Crippen LogP contribution in [0.2, 0.25) is 15.1 Å². The lowest BCUT2D eigenvalue weighted by atomic mass is 9.40. The van der Waals surface area contributed by atoms with E-state index in [4.69, 9.17) is 40.1 Å². The first-order chi connectivity index (χ1) is 14.0. The summed E-state index contributed by atoms with van der Waals surface area (Å²) in [7, 11) is -4.20. The number of rotatable bonds is 5. The number of nitriles is 1. The summed E-state index contributed by atoms with van der Waals surface area (Å²) in [6, 6.07) is 9.67. The summed E-state index contributed by atoms with van der Waals surface area (Å²) in [5.41, 5.74) is 0.341. The van der Waals surface area contributed by atoms with Gasteiger partial charge in [0.15, 0.2) is 0 Å². The van der Waals surface area contributed by atoms with Crippen molar-refractivity contribution in [3.63, 3.8) is 0 Å². The number of sulfonamides is 1. The molecule has 0 aromatic heterocycles. The molecule has 2 bridgehead atoms. The third kappa shape index (κ3) is 3.52. The van der Waals surface area contributed by atoms with Crippen molar-refractivity contribution in [2.24, 2.45) is 5.41 Å². The van der Waals surface area contributed by atoms with Gasteiger partial charge in [-0.2, -0.15) is 5.26 Å². The molecular formula is C20H16Cl3N3O3S. The molecule has 30 heavy (non-hydrogen) atoms. The highest BCUT2D eigenvalue weighted by atomic mass is 35.5. The van der Waals surface area contributed by atoms with E-state index in [1.54, 1.807) is 25.1 Å². The predicted octanol–water partition coefficient (Wildman–Crippen LogP) is 4.93. The second-order valence-corrected chi connectivity index (χ2v) is 10.9. The Hall–Kier alpha value is -1.98. The largest absolute Gasteiger partial charge is 0.346 e. The Morgan fingerprint density at radius 2 is 1.70 bits per heavy atom. The lowest BCUT2D eigenvalue weighted by Gasteiger charge is -2.66. The zero-order valence-electron chi connectivity index (χ0n) is 15.7. The topological polar surface area (TPSA) is 99.1 Å². The number of anilines is 1. The molecule has 2 aromatic carbocycles. The molecular weight excluding hydrogens is 469 g/mol. The first-order valence-electron chi connectivity index (χ1n) is 9.00. The summed E-state index contributed by atoms with van der Waals surface area (Å²) in [5.74, 6) is -0.410. The lowest BCUT2D eigenvalue weighted by Crippen LogP contribution is -2.74. The van der Waals surface area contributed by atoms with Gasteiger partial charge in [0, 0.05) is 10.6 Å². The molecule has 3 aliphatic carbocycles. The van der Waals surface area contributed by atoms with E-state index in [1.165, 1.54) is 12.1 Å². The van der Waals surface area contributed by atoms with Crippen molar-refractivity contribution in [1.82, 2.24) is 5.32 Å². The van der Waals surface area contributed by atoms with Crippen molar-refractivity contribution in [2.45, 2.75) is 36.6 Å². The number of carbonyl (C=O) groups is 1. The third-order valence-electron chi connectivity index (χ3n) is 5.54. The average molecular weight is 485 g/mol. The number of halogens is 3. The van der Waals surface area contributed by atoms with Crippen LogP contribution in [0.5, 0.6) is 0 Å². The van der Waals surface area contributed by atoms with E-state index < -0.39 is 15.9 Å². The van der Waals surface area contributed by atoms with E-state index in [0.29, 0.717) is 19.3 Å². The van der Waals surface area contributed by atoms with Gasteiger partial charge >= 0.3 is 0 Å². The standard InChI is InChI=1S/C20H16Cl3N3O3S/c1-11-2-3-13(18(27)25-20-7-19(8-20,9-20)10-24)16(4-11)26-30(28,29)17-14(22)5-12(21)6-15(17)23/h2-6,26H,7-9H2,1H3,(H,25,27). The van der Waals surface area contributed by atoms with E-state index >= 15 is 0 Å². The molecule has 156 valence electrons. The van der Waals surface area contributed by atoms with Gasteiger partial charge in [-0.15, -0.1) is 0 Å². The van der Waals surface area contributed by atoms with Crippen LogP contribution in [0.3, 0.4) is 0 Å². The summed E-state index contributed by atoms with van der Waals surface area (Å²) >= 11 is 18.0. The molecule has 0 spiro atoms. The second kappa shape index (κ2) is 7.03. The maximum Gasteiger partial charge on any atom is 0.264 e. The Bertz CT molecular complexity index is 1190. The van der Waals surface area contributed by atoms with Gasteiger partial charge in [-0.05, 0) is 56.0 Å². The van der Waals surface area contributed by atoms with Crippen molar-refractivity contribution < 1.29 is 13.2 Å². The van der Waals surface area contributed by atoms with Gasteiger partial charge in [0.2, 0.25) is 0 Å². The number of nitrogens with zero attached hydrogens (tertiary/aromatic N) is 1. The maximum atomic E-state index is 13.0. The molecule has 0 radical (unpaired) electrons. The van der Waals surface area contributed by atoms with Crippen LogP contribution >= 0.6 is 34.8 Å². The number of aryl methyl sites for hydroxylation is 1. The minimum atomic E-state index is -4.20. The minimum Gasteiger partial charge on any atom is -0.346 e. The van der Waals surface area contributed by atoms with Crippen LogP contribution in [-0.4, -0.2) is 19.9 Å². The van der Waals surface area contributed by atoms with Gasteiger partial charge in [-0.1, -0.05) is 40.9 Å². The van der Waals surface area contributed by atoms with Crippen molar-refractivity contribution in [1.29, 1.82) is 5.26 Å². The fourth-order valence-corrected chi connectivity index (χ4v) is 6.89. The van der Waals surface area contributed by atoms with Crippen LogP contribution in [-0.2, 0) is 10.0 Å². The highest BCUT2D eigenvalue weighted by Gasteiger charge is 2.69. The van der Waals surface area contributed by atoms with E-state index in [2.05, 4.69) is 16.1 Å². The molecule has 0 saturated heterocycles. The monoisotopic (exact) mass is 483 g/mol. The number of hydrogen-bond donors (Lipinski definition) is 2. The summed E-state index contributed by atoms with van der Waals surface area (Å²) in [6.07, 6.45) is 1.85. The maximum absolute atomic E-state index is 13.0. The SMILES string of the molecule is Cc1ccc(C(=O)NC23CC(C#N)(C2)C3)c(NS(=O)(=O)c2c(Cl)cc(Cl)cc2Cl)c1. The number of amides is 1. The average Bonchev–Trinajstić information content (AvgIpc) is 2.54. The number of carbonyl (C=O) groups excluding carboxylic acids is 1. The van der Waals surface area contributed by atoms with Crippen LogP contribution in [0.4, 0.5) is 5.69 Å². The summed E-state index contributed by atoms with van der Waals surface area (Å²) in [6.45, 7) is 1.78. The highest BCUT2D eigenvalue weighted by Crippen LogP contribution is 2.66. The molecule has 3 fully saturated rings. The van der Waals surface area contributed by atoms with Gasteiger partial charge in [0.25, 0.3) is 15.9 Å². The van der Waals surface area contributed by atoms with E-state index in [-0.39, 0.29) is 42.2 Å². The van der Waals surface area contributed by atoms with Crippen molar-refractivity contribution in [3.05, 3.63) is 56.5 Å². The Morgan fingerprint density at radius 1 is 1.10 bits per heavy atom. The van der Waals surface area contributed by atoms with Gasteiger partial charge < -0.3 is 5.32 Å². The van der Waals surface area contributed by atoms with Crippen LogP contribution in [0.15, 0.2) is 35.2 Å². The van der Waals surface area contributed by atoms with Crippen molar-refractivity contribution >= 4 is 56.4 Å². The quantitative estimate of drug-likeness (QED) is 0.628. The van der Waals surface area contributed by atoms with Crippen molar-refractivity contribution in [3.8, 4) is 6.07 Å². The predicted molar refractivity (Wildman–Crippen MR) is 116 cm³/mol. The molecule has 2 N–H and O–H groups in total. The molecule has 0 heterocycles. The minimum absolute atomic E-state index is 0.108. The summed E-state index contributed by atoms with van der Waals surface area (Å²) < 4.78 is 28.4. The van der Waals surface area contributed by atoms with Crippen LogP contribution in [0.1, 0.15) is 35.2 Å². The van der Waals surface area contributed by atoms with E-state index in [9.17, 15) is 13.2 Å². The second-order valence-electron chi connectivity index (χ2n) is 8.01. The Balaban J connectivity index is 1.63. The van der Waals surface area contributed by atoms with E-state index in [1.807, 2.05) is 0 Å². The molecule has 0 unspecified atom stereocenters. The Morgan fingerprint density at radius 3 is 2.27 bits per heavy atom. The van der Waals surface area contributed by atoms with Gasteiger partial charge in [0.1, 0.15) is 4.90 Å². The summed E-state index contributed by atoms with van der Waals surface area (Å²) in [5, 5.41) is 12.0. The Kier molecular flexibility index (Phi) is 4.98. The smallest absolute Gasteiger partial charge is 0.264 e. The van der Waals surface area contributed by atoms with E-state index in [0.717, 1.165) is 5.56 Å². The fraction of sp³-hybridized carbons (Fsp3) is 0.300. The van der Waals surface area contributed by atoms with Gasteiger partial charge in [0.05, 0.1) is 32.8 Å². The molecule has 2 aromatic rings. The molecule has 6 nitrogen and oxygen atoms in total.